The molecule has 37 heavy (non-hydrogen) atoms. The molecule has 2 aliphatic heterocycles. The normalized spacial score (nSPS) is 18.5. The first-order valence-electron chi connectivity index (χ1n) is 12.5. The standard InChI is InChI=1S/C27H32N6O4/c1-18(34)26(35)33-11-9-22(17-33)37-25-7-2-19(16-23(25)28)24-8-10-29-27(31-24)30-20-3-5-21(6-4-20)32-12-14-36-15-13-32/h2-8,10,16,18,22,34H,9,11-15,17,28H2,1H3,(H,29,30,31)/t18-,22?/m0/s1. The third-order valence-corrected chi connectivity index (χ3v) is 6.57. The molecule has 4 N–H and O–H groups in total. The third-order valence-electron chi connectivity index (χ3n) is 6.57. The van der Waals surface area contributed by atoms with Gasteiger partial charge in [0.2, 0.25) is 5.95 Å². The van der Waals surface area contributed by atoms with Crippen molar-refractivity contribution < 1.29 is 19.4 Å². The van der Waals surface area contributed by atoms with Crippen molar-refractivity contribution in [3.05, 3.63) is 54.7 Å². The smallest absolute Gasteiger partial charge is 0.251 e. The van der Waals surface area contributed by atoms with E-state index in [1.807, 2.05) is 36.4 Å². The minimum atomic E-state index is -1.01. The number of nitrogens with zero attached hydrogens (tertiary/aromatic N) is 4. The number of ether oxygens (including phenoxy) is 2. The highest BCUT2D eigenvalue weighted by atomic mass is 16.5. The highest BCUT2D eigenvalue weighted by Gasteiger charge is 2.29. The molecule has 0 bridgehead atoms. The van der Waals surface area contributed by atoms with Gasteiger partial charge in [-0.05, 0) is 55.5 Å². The summed E-state index contributed by atoms with van der Waals surface area (Å²) in [7, 11) is 0. The molecule has 2 aliphatic rings. The second-order valence-corrected chi connectivity index (χ2v) is 9.28. The third kappa shape index (κ3) is 5.92. The van der Waals surface area contributed by atoms with E-state index in [2.05, 4.69) is 32.3 Å². The van der Waals surface area contributed by atoms with Gasteiger partial charge >= 0.3 is 0 Å². The van der Waals surface area contributed by atoms with Crippen LogP contribution in [0.4, 0.5) is 23.0 Å². The van der Waals surface area contributed by atoms with Crippen LogP contribution in [0.2, 0.25) is 0 Å². The number of nitrogens with one attached hydrogen (secondary N) is 1. The van der Waals surface area contributed by atoms with Crippen molar-refractivity contribution >= 4 is 28.9 Å². The maximum atomic E-state index is 12.0. The molecule has 10 nitrogen and oxygen atoms in total. The van der Waals surface area contributed by atoms with Crippen LogP contribution in [0, 0.1) is 0 Å². The first kappa shape index (κ1) is 24.8. The van der Waals surface area contributed by atoms with Crippen LogP contribution in [-0.4, -0.2) is 77.5 Å². The summed E-state index contributed by atoms with van der Waals surface area (Å²) in [6.07, 6.45) is 1.22. The molecule has 0 aliphatic carbocycles. The van der Waals surface area contributed by atoms with E-state index in [-0.39, 0.29) is 12.0 Å². The number of anilines is 4. The number of amides is 1. The molecule has 194 valence electrons. The summed E-state index contributed by atoms with van der Waals surface area (Å²) < 4.78 is 11.5. The number of likely N-dealkylation sites (tertiary alicyclic amines) is 1. The number of nitrogen functional groups attached to an aromatic ring is 1. The highest BCUT2D eigenvalue weighted by Crippen LogP contribution is 2.30. The predicted octanol–water partition coefficient (Wildman–Crippen LogP) is 2.67. The Balaban J connectivity index is 1.22. The Morgan fingerprint density at radius 1 is 1.16 bits per heavy atom. The summed E-state index contributed by atoms with van der Waals surface area (Å²) >= 11 is 0. The lowest BCUT2D eigenvalue weighted by molar-refractivity contribution is -0.138. The van der Waals surface area contributed by atoms with E-state index in [9.17, 15) is 9.90 Å². The second kappa shape index (κ2) is 11.0. The van der Waals surface area contributed by atoms with Gasteiger partial charge in [-0.1, -0.05) is 0 Å². The van der Waals surface area contributed by atoms with Crippen LogP contribution in [0.25, 0.3) is 11.3 Å². The molecule has 1 aromatic heterocycles. The van der Waals surface area contributed by atoms with Gasteiger partial charge in [0, 0.05) is 49.2 Å². The van der Waals surface area contributed by atoms with Gasteiger partial charge in [-0.15, -0.1) is 0 Å². The van der Waals surface area contributed by atoms with Crippen molar-refractivity contribution in [3.8, 4) is 17.0 Å². The van der Waals surface area contributed by atoms with Gasteiger partial charge in [-0.2, -0.15) is 0 Å². The Morgan fingerprint density at radius 2 is 1.95 bits per heavy atom. The van der Waals surface area contributed by atoms with E-state index in [1.165, 1.54) is 12.6 Å². The van der Waals surface area contributed by atoms with Gasteiger partial charge in [-0.25, -0.2) is 9.97 Å². The molecule has 0 spiro atoms. The van der Waals surface area contributed by atoms with E-state index in [4.69, 9.17) is 15.2 Å². The summed E-state index contributed by atoms with van der Waals surface area (Å²) in [6, 6.07) is 15.6. The fourth-order valence-electron chi connectivity index (χ4n) is 4.57. The minimum absolute atomic E-state index is 0.166. The average Bonchev–Trinajstić information content (AvgIpc) is 3.39. The van der Waals surface area contributed by atoms with Crippen molar-refractivity contribution in [3.63, 3.8) is 0 Å². The van der Waals surface area contributed by atoms with Gasteiger partial charge in [0.15, 0.2) is 0 Å². The zero-order chi connectivity index (χ0) is 25.8. The van der Waals surface area contributed by atoms with E-state index in [1.54, 1.807) is 11.1 Å². The maximum absolute atomic E-state index is 12.0. The predicted molar refractivity (Wildman–Crippen MR) is 142 cm³/mol. The molecular weight excluding hydrogens is 472 g/mol. The number of rotatable bonds is 7. The van der Waals surface area contributed by atoms with Crippen molar-refractivity contribution in [1.82, 2.24) is 14.9 Å². The molecule has 2 saturated heterocycles. The van der Waals surface area contributed by atoms with Crippen LogP contribution >= 0.6 is 0 Å². The molecule has 0 radical (unpaired) electrons. The molecule has 0 saturated carbocycles. The largest absolute Gasteiger partial charge is 0.486 e. The van der Waals surface area contributed by atoms with Gasteiger partial charge in [-0.3, -0.25) is 4.79 Å². The first-order valence-corrected chi connectivity index (χ1v) is 12.5. The molecule has 3 heterocycles. The van der Waals surface area contributed by atoms with Crippen molar-refractivity contribution in [1.29, 1.82) is 0 Å². The summed E-state index contributed by atoms with van der Waals surface area (Å²) in [5.74, 6) is 0.771. The van der Waals surface area contributed by atoms with Crippen LogP contribution in [0.3, 0.4) is 0 Å². The van der Waals surface area contributed by atoms with Gasteiger partial charge < -0.3 is 35.4 Å². The number of nitrogens with two attached hydrogens (primary N) is 1. The Labute approximate surface area is 216 Å². The maximum Gasteiger partial charge on any atom is 0.251 e. The van der Waals surface area contributed by atoms with Gasteiger partial charge in [0.25, 0.3) is 5.91 Å². The lowest BCUT2D eigenvalue weighted by Crippen LogP contribution is -2.37. The van der Waals surface area contributed by atoms with Crippen molar-refractivity contribution in [2.45, 2.75) is 25.6 Å². The quantitative estimate of drug-likeness (QED) is 0.416. The highest BCUT2D eigenvalue weighted by molar-refractivity contribution is 5.80. The Morgan fingerprint density at radius 3 is 2.68 bits per heavy atom. The summed E-state index contributed by atoms with van der Waals surface area (Å²) in [6.45, 7) is 5.76. The Bertz CT molecular complexity index is 1230. The summed E-state index contributed by atoms with van der Waals surface area (Å²) in [4.78, 5) is 24.9. The lowest BCUT2D eigenvalue weighted by atomic mass is 10.1. The van der Waals surface area contributed by atoms with Crippen LogP contribution < -0.4 is 20.7 Å². The summed E-state index contributed by atoms with van der Waals surface area (Å²) in [5, 5.41) is 12.8. The number of morpholine rings is 1. The van der Waals surface area contributed by atoms with Crippen LogP contribution in [0.15, 0.2) is 54.7 Å². The van der Waals surface area contributed by atoms with E-state index >= 15 is 0 Å². The van der Waals surface area contributed by atoms with E-state index in [0.717, 1.165) is 43.2 Å². The molecule has 10 heteroatoms. The SMILES string of the molecule is C[C@H](O)C(=O)N1CCC(Oc2ccc(-c3ccnc(Nc4ccc(N5CCOCC5)cc4)n3)cc2N)C1. The number of carbonyl (C=O) groups excluding carboxylic acids is 1. The second-order valence-electron chi connectivity index (χ2n) is 9.28. The average molecular weight is 505 g/mol. The van der Waals surface area contributed by atoms with Crippen molar-refractivity contribution in [2.24, 2.45) is 0 Å². The Hall–Kier alpha value is -3.89. The fourth-order valence-corrected chi connectivity index (χ4v) is 4.57. The molecule has 3 aromatic rings. The van der Waals surface area contributed by atoms with Crippen LogP contribution in [0.1, 0.15) is 13.3 Å². The Kier molecular flexibility index (Phi) is 7.38. The summed E-state index contributed by atoms with van der Waals surface area (Å²) in [5.41, 5.74) is 10.4. The number of hydrogen-bond donors (Lipinski definition) is 3. The van der Waals surface area contributed by atoms with Gasteiger partial charge in [0.05, 0.1) is 31.1 Å². The number of hydrogen-bond acceptors (Lipinski definition) is 9. The van der Waals surface area contributed by atoms with Crippen LogP contribution in [-0.2, 0) is 9.53 Å². The zero-order valence-electron chi connectivity index (χ0n) is 20.8. The van der Waals surface area contributed by atoms with E-state index in [0.29, 0.717) is 36.9 Å². The molecule has 2 aromatic carbocycles. The van der Waals surface area contributed by atoms with Gasteiger partial charge in [0.1, 0.15) is 18.0 Å². The fraction of sp³-hybridized carbons (Fsp3) is 0.370. The zero-order valence-corrected chi connectivity index (χ0v) is 20.8. The molecule has 2 fully saturated rings. The topological polar surface area (TPSA) is 126 Å². The number of aliphatic hydroxyl groups excluding tert-OH is 1. The molecule has 2 atom stereocenters. The monoisotopic (exact) mass is 504 g/mol. The molecule has 1 amide bonds. The minimum Gasteiger partial charge on any atom is -0.486 e. The van der Waals surface area contributed by atoms with Crippen molar-refractivity contribution in [2.75, 3.05) is 55.3 Å². The number of benzene rings is 2. The lowest BCUT2D eigenvalue weighted by Gasteiger charge is -2.28. The molecule has 5 rings (SSSR count). The first-order chi connectivity index (χ1) is 18.0. The molecule has 1 unspecified atom stereocenters. The number of carbonyl (C=O) groups is 1. The van der Waals surface area contributed by atoms with E-state index < -0.39 is 6.10 Å². The number of aromatic nitrogens is 2. The molecular formula is C27H32N6O4. The van der Waals surface area contributed by atoms with Crippen LogP contribution in [0.5, 0.6) is 5.75 Å². The number of aliphatic hydroxyl groups is 1.